The van der Waals surface area contributed by atoms with Crippen molar-refractivity contribution in [2.24, 2.45) is 5.92 Å². The lowest BCUT2D eigenvalue weighted by molar-refractivity contribution is -0.140. The fraction of sp³-hybridized carbons (Fsp3) is 0.400. The Balaban J connectivity index is 1.75. The number of hydrogen-bond acceptors (Lipinski definition) is 6. The van der Waals surface area contributed by atoms with E-state index < -0.39 is 5.92 Å². The van der Waals surface area contributed by atoms with E-state index in [1.807, 2.05) is 64.1 Å². The Morgan fingerprint density at radius 1 is 1.00 bits per heavy atom. The normalized spacial score (nSPS) is 19.7. The average Bonchev–Trinajstić information content (AvgIpc) is 2.85. The molecule has 36 heavy (non-hydrogen) atoms. The molecule has 2 atom stereocenters. The molecule has 0 saturated heterocycles. The Morgan fingerprint density at radius 3 is 2.42 bits per heavy atom. The highest BCUT2D eigenvalue weighted by Gasteiger charge is 2.41. The van der Waals surface area contributed by atoms with Crippen molar-refractivity contribution in [1.82, 2.24) is 5.32 Å². The molecule has 0 amide bonds. The van der Waals surface area contributed by atoms with Crippen molar-refractivity contribution in [3.8, 4) is 11.5 Å². The molecule has 2 aromatic rings. The van der Waals surface area contributed by atoms with Gasteiger partial charge in [0, 0.05) is 29.3 Å². The number of esters is 1. The summed E-state index contributed by atoms with van der Waals surface area (Å²) in [5.74, 6) is 0.712. The van der Waals surface area contributed by atoms with Gasteiger partial charge in [0.05, 0.1) is 26.4 Å². The molecule has 0 unspecified atom stereocenters. The molecule has 1 heterocycles. The molecule has 0 aromatic heterocycles. The number of ether oxygens (including phenoxy) is 3. The van der Waals surface area contributed by atoms with E-state index in [9.17, 15) is 9.59 Å². The summed E-state index contributed by atoms with van der Waals surface area (Å²) in [4.78, 5) is 27.1. The number of dihydropyridines is 1. The molecule has 0 radical (unpaired) electrons. The SMILES string of the molecule is COc1ccc([C@H]2CC(=O)C3=C(C2)NC(C)=C(C(=O)OCC(C)C)[C@@H]3c2cccc(C)c2)cc1OC. The van der Waals surface area contributed by atoms with Gasteiger partial charge in [-0.1, -0.05) is 49.7 Å². The van der Waals surface area contributed by atoms with Crippen LogP contribution >= 0.6 is 0 Å². The van der Waals surface area contributed by atoms with Gasteiger partial charge in [0.25, 0.3) is 0 Å². The molecule has 6 nitrogen and oxygen atoms in total. The number of carbonyl (C=O) groups excluding carboxylic acids is 2. The summed E-state index contributed by atoms with van der Waals surface area (Å²) in [5.41, 5.74) is 5.80. The third-order valence-corrected chi connectivity index (χ3v) is 6.85. The summed E-state index contributed by atoms with van der Waals surface area (Å²) in [6.45, 7) is 8.25. The molecule has 0 fully saturated rings. The number of rotatable bonds is 7. The van der Waals surface area contributed by atoms with E-state index in [0.29, 0.717) is 42.1 Å². The first-order valence-electron chi connectivity index (χ1n) is 12.4. The van der Waals surface area contributed by atoms with Crippen molar-refractivity contribution >= 4 is 11.8 Å². The van der Waals surface area contributed by atoms with Crippen LogP contribution < -0.4 is 14.8 Å². The molecule has 2 aliphatic rings. The fourth-order valence-corrected chi connectivity index (χ4v) is 5.16. The van der Waals surface area contributed by atoms with Crippen LogP contribution in [0.15, 0.2) is 65.0 Å². The minimum Gasteiger partial charge on any atom is -0.493 e. The lowest BCUT2D eigenvalue weighted by Crippen LogP contribution is -2.36. The summed E-state index contributed by atoms with van der Waals surface area (Å²) in [7, 11) is 3.21. The van der Waals surface area contributed by atoms with E-state index in [1.165, 1.54) is 0 Å². The van der Waals surface area contributed by atoms with Crippen LogP contribution in [0.4, 0.5) is 0 Å². The monoisotopic (exact) mass is 489 g/mol. The second-order valence-electron chi connectivity index (χ2n) is 10.0. The number of benzene rings is 2. The first-order chi connectivity index (χ1) is 17.2. The van der Waals surface area contributed by atoms with E-state index in [-0.39, 0.29) is 23.6 Å². The Labute approximate surface area is 213 Å². The van der Waals surface area contributed by atoms with Crippen molar-refractivity contribution < 1.29 is 23.8 Å². The van der Waals surface area contributed by atoms with Gasteiger partial charge >= 0.3 is 5.97 Å². The van der Waals surface area contributed by atoms with Crippen molar-refractivity contribution in [1.29, 1.82) is 0 Å². The highest BCUT2D eigenvalue weighted by Crippen LogP contribution is 2.46. The number of allylic oxidation sites excluding steroid dienone is 3. The fourth-order valence-electron chi connectivity index (χ4n) is 5.16. The van der Waals surface area contributed by atoms with Crippen LogP contribution in [-0.4, -0.2) is 32.6 Å². The second kappa shape index (κ2) is 10.6. The molecule has 0 saturated carbocycles. The highest BCUT2D eigenvalue weighted by atomic mass is 16.5. The lowest BCUT2D eigenvalue weighted by atomic mass is 9.71. The van der Waals surface area contributed by atoms with Gasteiger partial charge < -0.3 is 19.5 Å². The quantitative estimate of drug-likeness (QED) is 0.513. The largest absolute Gasteiger partial charge is 0.493 e. The van der Waals surface area contributed by atoms with Gasteiger partial charge in [-0.25, -0.2) is 4.79 Å². The molecule has 1 N–H and O–H groups in total. The van der Waals surface area contributed by atoms with Crippen LogP contribution in [0.25, 0.3) is 0 Å². The van der Waals surface area contributed by atoms with E-state index in [1.54, 1.807) is 14.2 Å². The van der Waals surface area contributed by atoms with Crippen LogP contribution in [0.2, 0.25) is 0 Å². The van der Waals surface area contributed by atoms with Gasteiger partial charge in [-0.05, 0) is 55.4 Å². The maximum absolute atomic E-state index is 13.8. The molecule has 4 rings (SSSR count). The van der Waals surface area contributed by atoms with Crippen molar-refractivity contribution in [3.63, 3.8) is 0 Å². The van der Waals surface area contributed by atoms with Crippen molar-refractivity contribution in [2.45, 2.75) is 52.4 Å². The second-order valence-corrected chi connectivity index (χ2v) is 10.0. The number of nitrogens with one attached hydrogen (secondary N) is 1. The Morgan fingerprint density at radius 2 is 1.75 bits per heavy atom. The first-order valence-corrected chi connectivity index (χ1v) is 12.4. The first kappa shape index (κ1) is 25.5. The predicted octanol–water partition coefficient (Wildman–Crippen LogP) is 5.57. The highest BCUT2D eigenvalue weighted by molar-refractivity contribution is 6.04. The van der Waals surface area contributed by atoms with Gasteiger partial charge in [0.15, 0.2) is 17.3 Å². The van der Waals surface area contributed by atoms with Crippen LogP contribution in [0.3, 0.4) is 0 Å². The summed E-state index contributed by atoms with van der Waals surface area (Å²) in [5, 5.41) is 3.41. The van der Waals surface area contributed by atoms with E-state index >= 15 is 0 Å². The number of carbonyl (C=O) groups is 2. The van der Waals surface area contributed by atoms with Crippen molar-refractivity contribution in [2.75, 3.05) is 20.8 Å². The number of hydrogen-bond donors (Lipinski definition) is 1. The van der Waals surface area contributed by atoms with Crippen LogP contribution in [0.5, 0.6) is 11.5 Å². The third-order valence-electron chi connectivity index (χ3n) is 6.85. The van der Waals surface area contributed by atoms with Crippen molar-refractivity contribution in [3.05, 3.63) is 81.7 Å². The van der Waals surface area contributed by atoms with Gasteiger partial charge in [-0.2, -0.15) is 0 Å². The molecule has 0 spiro atoms. The van der Waals surface area contributed by atoms with E-state index in [0.717, 1.165) is 28.1 Å². The Hall–Kier alpha value is -3.54. The predicted molar refractivity (Wildman–Crippen MR) is 139 cm³/mol. The smallest absolute Gasteiger partial charge is 0.336 e. The summed E-state index contributed by atoms with van der Waals surface area (Å²) in [6, 6.07) is 13.8. The average molecular weight is 490 g/mol. The number of methoxy groups -OCH3 is 2. The zero-order chi connectivity index (χ0) is 26.0. The topological polar surface area (TPSA) is 73.9 Å². The van der Waals surface area contributed by atoms with Crippen LogP contribution in [-0.2, 0) is 14.3 Å². The number of ketones is 1. The molecule has 1 aliphatic carbocycles. The molecule has 1 aliphatic heterocycles. The summed E-state index contributed by atoms with van der Waals surface area (Å²) in [6.07, 6.45) is 1.01. The Kier molecular flexibility index (Phi) is 7.53. The van der Waals surface area contributed by atoms with Gasteiger partial charge in [0.1, 0.15) is 0 Å². The van der Waals surface area contributed by atoms with Gasteiger partial charge in [-0.15, -0.1) is 0 Å². The molecule has 0 bridgehead atoms. The maximum Gasteiger partial charge on any atom is 0.336 e. The Bertz CT molecular complexity index is 1240. The molecular formula is C30H35NO5. The number of aryl methyl sites for hydroxylation is 1. The maximum atomic E-state index is 13.8. The van der Waals surface area contributed by atoms with Crippen LogP contribution in [0.1, 0.15) is 62.1 Å². The lowest BCUT2D eigenvalue weighted by Gasteiger charge is -2.37. The van der Waals surface area contributed by atoms with Gasteiger partial charge in [0.2, 0.25) is 0 Å². The molecule has 6 heteroatoms. The van der Waals surface area contributed by atoms with E-state index in [4.69, 9.17) is 14.2 Å². The van der Waals surface area contributed by atoms with E-state index in [2.05, 4.69) is 11.4 Å². The zero-order valence-electron chi connectivity index (χ0n) is 21.9. The molecular weight excluding hydrogens is 454 g/mol. The molecule has 2 aromatic carbocycles. The number of Topliss-reactive ketones (excluding diaryl/α,β-unsaturated/α-hetero) is 1. The summed E-state index contributed by atoms with van der Waals surface area (Å²) < 4.78 is 16.5. The molecule has 190 valence electrons. The standard InChI is InChI=1S/C30H35NO5/c1-17(2)16-36-30(33)27-19(4)31-23-13-22(20-10-11-25(34-5)26(15-20)35-6)14-24(32)29(23)28(27)21-9-7-8-18(3)12-21/h7-12,15,17,22,28,31H,13-14,16H2,1-6H3/t22-,28+/m1/s1. The van der Waals surface area contributed by atoms with Gasteiger partial charge in [-0.3, -0.25) is 4.79 Å². The zero-order valence-corrected chi connectivity index (χ0v) is 21.9. The minimum absolute atomic E-state index is 0.0102. The summed E-state index contributed by atoms with van der Waals surface area (Å²) >= 11 is 0. The minimum atomic E-state index is -0.459. The third kappa shape index (κ3) is 5.03. The van der Waals surface area contributed by atoms with Crippen LogP contribution in [0, 0.1) is 12.8 Å².